The van der Waals surface area contributed by atoms with Gasteiger partial charge in [0, 0.05) is 22.4 Å². The number of hydrogen-bond donors (Lipinski definition) is 0. The van der Waals surface area contributed by atoms with Gasteiger partial charge in [-0.05, 0) is 11.5 Å². The van der Waals surface area contributed by atoms with Crippen LogP contribution in [0.25, 0.3) is 32.7 Å². The molecule has 0 saturated heterocycles. The molecular weight excluding hydrogens is 221 g/mol. The molecule has 0 aliphatic carbocycles. The first-order valence-corrected chi connectivity index (χ1v) is 5.99. The Kier molecular flexibility index (Phi) is 1.81. The van der Waals surface area contributed by atoms with Crippen molar-refractivity contribution in [1.82, 2.24) is 4.98 Å². The zero-order valence-corrected chi connectivity index (χ0v) is 9.97. The fraction of sp³-hybridized carbons (Fsp3) is 0. The number of furan rings is 1. The van der Waals surface area contributed by atoms with Crippen LogP contribution in [0.15, 0.2) is 53.2 Å². The fourth-order valence-corrected chi connectivity index (χ4v) is 2.62. The van der Waals surface area contributed by atoms with E-state index in [2.05, 4.69) is 37.1 Å². The second-order valence-corrected chi connectivity index (χ2v) is 4.59. The van der Waals surface area contributed by atoms with Gasteiger partial charge in [-0.15, -0.1) is 0 Å². The van der Waals surface area contributed by atoms with Crippen molar-refractivity contribution in [3.8, 4) is 0 Å². The molecule has 4 aromatic rings. The lowest BCUT2D eigenvalue weighted by molar-refractivity contribution is 0.671. The van der Waals surface area contributed by atoms with Gasteiger partial charge in [0.25, 0.3) is 0 Å². The maximum absolute atomic E-state index is 5.98. The molecule has 0 bridgehead atoms. The molecule has 2 nitrogen and oxygen atoms in total. The van der Waals surface area contributed by atoms with E-state index in [1.165, 1.54) is 16.2 Å². The number of rotatable bonds is 0. The van der Waals surface area contributed by atoms with Crippen molar-refractivity contribution in [2.75, 3.05) is 0 Å². The summed E-state index contributed by atoms with van der Waals surface area (Å²) in [6, 6.07) is 12.6. The number of nitrogens with zero attached hydrogens (tertiary/aromatic N) is 1. The lowest BCUT2D eigenvalue weighted by Crippen LogP contribution is -2.02. The Hall–Kier alpha value is -2.29. The average Bonchev–Trinajstić information content (AvgIpc) is 2.79. The standard InChI is InChI=1S/C15H10BNO/c16-12-7-17-8-13-14(12)11-6-5-9-3-1-2-4-10(9)15(11)18-13/h1-8H,16H2. The van der Waals surface area contributed by atoms with Crippen LogP contribution in [-0.4, -0.2) is 12.8 Å². The first-order valence-electron chi connectivity index (χ1n) is 5.99. The van der Waals surface area contributed by atoms with Gasteiger partial charge in [-0.25, -0.2) is 0 Å². The van der Waals surface area contributed by atoms with Crippen molar-refractivity contribution in [2.45, 2.75) is 0 Å². The van der Waals surface area contributed by atoms with Gasteiger partial charge >= 0.3 is 0 Å². The number of fused-ring (bicyclic) bond motifs is 5. The minimum absolute atomic E-state index is 0.862. The van der Waals surface area contributed by atoms with Crippen molar-refractivity contribution in [3.63, 3.8) is 0 Å². The quantitative estimate of drug-likeness (QED) is 0.434. The van der Waals surface area contributed by atoms with Gasteiger partial charge in [0.05, 0.1) is 6.20 Å². The summed E-state index contributed by atoms with van der Waals surface area (Å²) >= 11 is 0. The van der Waals surface area contributed by atoms with E-state index in [4.69, 9.17) is 4.42 Å². The van der Waals surface area contributed by atoms with Crippen LogP contribution in [0.1, 0.15) is 0 Å². The molecule has 0 amide bonds. The summed E-state index contributed by atoms with van der Waals surface area (Å²) in [6.07, 6.45) is 3.67. The zero-order valence-electron chi connectivity index (χ0n) is 9.97. The molecule has 84 valence electrons. The molecule has 2 aromatic heterocycles. The van der Waals surface area contributed by atoms with Crippen LogP contribution in [0.4, 0.5) is 0 Å². The molecule has 0 fully saturated rings. The SMILES string of the molecule is Bc1cncc2oc3c4ccccc4ccc3c12. The van der Waals surface area contributed by atoms with Crippen LogP contribution in [0.3, 0.4) is 0 Å². The van der Waals surface area contributed by atoms with E-state index < -0.39 is 0 Å². The van der Waals surface area contributed by atoms with Gasteiger partial charge in [0.2, 0.25) is 0 Å². The third kappa shape index (κ3) is 1.16. The second kappa shape index (κ2) is 3.36. The van der Waals surface area contributed by atoms with Gasteiger partial charge in [-0.1, -0.05) is 35.8 Å². The van der Waals surface area contributed by atoms with Gasteiger partial charge < -0.3 is 4.42 Å². The first kappa shape index (κ1) is 9.72. The lowest BCUT2D eigenvalue weighted by atomic mass is 9.93. The normalized spacial score (nSPS) is 11.6. The Balaban J connectivity index is 2.34. The highest BCUT2D eigenvalue weighted by Crippen LogP contribution is 2.32. The number of aromatic nitrogens is 1. The molecular formula is C15H10BNO. The van der Waals surface area contributed by atoms with E-state index in [1.807, 2.05) is 18.3 Å². The number of pyridine rings is 1. The van der Waals surface area contributed by atoms with Crippen molar-refractivity contribution < 1.29 is 4.42 Å². The van der Waals surface area contributed by atoms with Gasteiger partial charge in [-0.3, -0.25) is 4.98 Å². The molecule has 0 unspecified atom stereocenters. The van der Waals surface area contributed by atoms with E-state index in [1.54, 1.807) is 6.20 Å². The van der Waals surface area contributed by atoms with Gasteiger partial charge in [-0.2, -0.15) is 0 Å². The minimum atomic E-state index is 0.862. The molecule has 4 rings (SSSR count). The zero-order chi connectivity index (χ0) is 12.1. The predicted molar refractivity (Wildman–Crippen MR) is 77.2 cm³/mol. The highest BCUT2D eigenvalue weighted by Gasteiger charge is 2.11. The topological polar surface area (TPSA) is 26.0 Å². The summed E-state index contributed by atoms with van der Waals surface area (Å²) in [4.78, 5) is 4.19. The van der Waals surface area contributed by atoms with Crippen molar-refractivity contribution in [1.29, 1.82) is 0 Å². The minimum Gasteiger partial charge on any atom is -0.454 e. The summed E-state index contributed by atoms with van der Waals surface area (Å²) in [7, 11) is 2.07. The van der Waals surface area contributed by atoms with E-state index in [0.29, 0.717) is 0 Å². The lowest BCUT2D eigenvalue weighted by Gasteiger charge is -1.97. The van der Waals surface area contributed by atoms with Crippen molar-refractivity contribution in [2.24, 2.45) is 0 Å². The van der Waals surface area contributed by atoms with Gasteiger partial charge in [0.1, 0.15) is 13.4 Å². The molecule has 0 saturated carbocycles. The summed E-state index contributed by atoms with van der Waals surface area (Å²) in [5, 5.41) is 4.70. The first-order chi connectivity index (χ1) is 8.84. The van der Waals surface area contributed by atoms with Crippen molar-refractivity contribution >= 4 is 46.0 Å². The molecule has 0 N–H and O–H groups in total. The number of benzene rings is 2. The molecule has 18 heavy (non-hydrogen) atoms. The molecule has 0 spiro atoms. The Morgan fingerprint density at radius 2 is 1.83 bits per heavy atom. The van der Waals surface area contributed by atoms with E-state index >= 15 is 0 Å². The fourth-order valence-electron chi connectivity index (χ4n) is 2.62. The Morgan fingerprint density at radius 1 is 0.944 bits per heavy atom. The summed E-state index contributed by atoms with van der Waals surface area (Å²) in [5.41, 5.74) is 2.97. The maximum Gasteiger partial charge on any atom is 0.153 e. The van der Waals surface area contributed by atoms with Crippen LogP contribution >= 0.6 is 0 Å². The van der Waals surface area contributed by atoms with E-state index in [9.17, 15) is 0 Å². The van der Waals surface area contributed by atoms with Crippen LogP contribution in [0, 0.1) is 0 Å². The Bertz CT molecular complexity index is 895. The summed E-state index contributed by atoms with van der Waals surface area (Å²) in [6.45, 7) is 0. The maximum atomic E-state index is 5.98. The van der Waals surface area contributed by atoms with E-state index in [0.717, 1.165) is 22.0 Å². The summed E-state index contributed by atoms with van der Waals surface area (Å²) in [5.74, 6) is 0. The average molecular weight is 231 g/mol. The predicted octanol–water partition coefficient (Wildman–Crippen LogP) is 2.39. The largest absolute Gasteiger partial charge is 0.454 e. The second-order valence-electron chi connectivity index (χ2n) is 4.59. The van der Waals surface area contributed by atoms with Crippen LogP contribution in [0.5, 0.6) is 0 Å². The number of hydrogen-bond acceptors (Lipinski definition) is 2. The third-order valence-electron chi connectivity index (χ3n) is 3.46. The molecule has 0 aliphatic heterocycles. The Morgan fingerprint density at radius 3 is 2.78 bits per heavy atom. The van der Waals surface area contributed by atoms with Crippen LogP contribution < -0.4 is 5.46 Å². The summed E-state index contributed by atoms with van der Waals surface area (Å²) < 4.78 is 5.98. The monoisotopic (exact) mass is 231 g/mol. The smallest absolute Gasteiger partial charge is 0.153 e. The molecule has 0 radical (unpaired) electrons. The van der Waals surface area contributed by atoms with E-state index in [-0.39, 0.29) is 0 Å². The highest BCUT2D eigenvalue weighted by atomic mass is 16.3. The van der Waals surface area contributed by atoms with Crippen molar-refractivity contribution in [3.05, 3.63) is 48.8 Å². The molecule has 0 atom stereocenters. The van der Waals surface area contributed by atoms with Gasteiger partial charge in [0.15, 0.2) is 5.58 Å². The molecule has 2 heterocycles. The highest BCUT2D eigenvalue weighted by molar-refractivity contribution is 6.41. The Labute approximate surface area is 105 Å². The van der Waals surface area contributed by atoms with Crippen LogP contribution in [-0.2, 0) is 0 Å². The third-order valence-corrected chi connectivity index (χ3v) is 3.46. The molecule has 2 aromatic carbocycles. The molecule has 3 heteroatoms. The van der Waals surface area contributed by atoms with Crippen LogP contribution in [0.2, 0.25) is 0 Å². The molecule has 0 aliphatic rings.